The molecule has 0 saturated carbocycles. The van der Waals surface area contributed by atoms with Gasteiger partial charge in [0.1, 0.15) is 0 Å². The molecule has 1 rings (SSSR count). The Bertz CT molecular complexity index is 261. The molecule has 1 aromatic heterocycles. The van der Waals surface area contributed by atoms with E-state index in [9.17, 15) is 0 Å². The first kappa shape index (κ1) is 9.28. The van der Waals surface area contributed by atoms with Gasteiger partial charge in [0.05, 0.1) is 6.54 Å². The van der Waals surface area contributed by atoms with E-state index < -0.39 is 0 Å². The van der Waals surface area contributed by atoms with Gasteiger partial charge in [0.2, 0.25) is 5.89 Å². The lowest BCUT2D eigenvalue weighted by Crippen LogP contribution is -1.95. The van der Waals surface area contributed by atoms with Crippen LogP contribution in [0.5, 0.6) is 0 Å². The predicted octanol–water partition coefficient (Wildman–Crippen LogP) is 1.19. The van der Waals surface area contributed by atoms with Crippen LogP contribution < -0.4 is 5.73 Å². The van der Waals surface area contributed by atoms with Gasteiger partial charge >= 0.3 is 0 Å². The number of hydrogen-bond acceptors (Lipinski definition) is 5. The summed E-state index contributed by atoms with van der Waals surface area (Å²) in [5.74, 6) is 0.466. The first-order chi connectivity index (χ1) is 5.76. The van der Waals surface area contributed by atoms with Gasteiger partial charge in [0.15, 0.2) is 0 Å². The predicted molar refractivity (Wildman–Crippen MR) is 47.7 cm³/mol. The molecule has 4 nitrogen and oxygen atoms in total. The van der Waals surface area contributed by atoms with Gasteiger partial charge < -0.3 is 10.2 Å². The van der Waals surface area contributed by atoms with E-state index in [-0.39, 0.29) is 11.8 Å². The minimum atomic E-state index is 0.274. The first-order valence-corrected chi connectivity index (χ1v) is 4.46. The number of hydrogen-bond donors (Lipinski definition) is 1. The van der Waals surface area contributed by atoms with Gasteiger partial charge in [0.25, 0.3) is 5.22 Å². The quantitative estimate of drug-likeness (QED) is 0.564. The molecule has 0 aliphatic rings. The lowest BCUT2D eigenvalue weighted by molar-refractivity contribution is 0.414. The van der Waals surface area contributed by atoms with Crippen LogP contribution in [0, 0.1) is 0 Å². The third-order valence-corrected chi connectivity index (χ3v) is 2.17. The highest BCUT2D eigenvalue weighted by Crippen LogP contribution is 2.21. The number of rotatable bonds is 4. The lowest BCUT2D eigenvalue weighted by atomic mass is 10.5. The van der Waals surface area contributed by atoms with Crippen LogP contribution in [-0.4, -0.2) is 15.4 Å². The van der Waals surface area contributed by atoms with Crippen LogP contribution in [0.25, 0.3) is 0 Å². The van der Waals surface area contributed by atoms with Crippen molar-refractivity contribution in [1.82, 2.24) is 10.2 Å². The molecule has 0 aromatic carbocycles. The van der Waals surface area contributed by atoms with Crippen molar-refractivity contribution in [2.45, 2.75) is 23.9 Å². The second-order valence-corrected chi connectivity index (χ2v) is 3.55. The Kier molecular flexibility index (Phi) is 3.31. The molecular weight excluding hydrogens is 174 g/mol. The fraction of sp³-hybridized carbons (Fsp3) is 0.429. The molecule has 0 bridgehead atoms. The molecule has 12 heavy (non-hydrogen) atoms. The molecule has 1 heterocycles. The zero-order chi connectivity index (χ0) is 8.97. The topological polar surface area (TPSA) is 64.9 Å². The Morgan fingerprint density at radius 3 is 3.00 bits per heavy atom. The van der Waals surface area contributed by atoms with Crippen LogP contribution >= 0.6 is 11.8 Å². The maximum absolute atomic E-state index is 5.30. The van der Waals surface area contributed by atoms with E-state index in [4.69, 9.17) is 10.2 Å². The minimum absolute atomic E-state index is 0.274. The second kappa shape index (κ2) is 4.27. The fourth-order valence-electron chi connectivity index (χ4n) is 0.575. The van der Waals surface area contributed by atoms with Gasteiger partial charge in [-0.1, -0.05) is 17.8 Å². The summed E-state index contributed by atoms with van der Waals surface area (Å²) in [7, 11) is 0. The van der Waals surface area contributed by atoms with E-state index in [0.29, 0.717) is 11.1 Å². The molecule has 1 atom stereocenters. The average Bonchev–Trinajstić information content (AvgIpc) is 2.52. The summed E-state index contributed by atoms with van der Waals surface area (Å²) in [6, 6.07) is 0. The molecule has 0 radical (unpaired) electrons. The monoisotopic (exact) mass is 185 g/mol. The molecular formula is C7H11N3OS. The molecule has 66 valence electrons. The van der Waals surface area contributed by atoms with Crippen molar-refractivity contribution in [3.63, 3.8) is 0 Å². The molecule has 1 unspecified atom stereocenters. The van der Waals surface area contributed by atoms with Crippen molar-refractivity contribution >= 4 is 11.8 Å². The molecule has 0 spiro atoms. The Morgan fingerprint density at radius 2 is 2.50 bits per heavy atom. The van der Waals surface area contributed by atoms with E-state index >= 15 is 0 Å². The standard InChI is InChI=1S/C7H11N3OS/c1-3-5(2)12-7-10-9-6(4-8)11-7/h3,5H,1,4,8H2,2H3. The second-order valence-electron chi connectivity index (χ2n) is 2.22. The van der Waals surface area contributed by atoms with E-state index in [1.54, 1.807) is 0 Å². The molecule has 2 N–H and O–H groups in total. The van der Waals surface area contributed by atoms with Crippen LogP contribution in [0.4, 0.5) is 0 Å². The number of aromatic nitrogens is 2. The van der Waals surface area contributed by atoms with Crippen LogP contribution in [0.2, 0.25) is 0 Å². The summed E-state index contributed by atoms with van der Waals surface area (Å²) in [5.41, 5.74) is 5.30. The molecule has 5 heteroatoms. The SMILES string of the molecule is C=CC(C)Sc1nnc(CN)o1. The summed E-state index contributed by atoms with van der Waals surface area (Å²) >= 11 is 1.47. The van der Waals surface area contributed by atoms with Gasteiger partial charge in [-0.3, -0.25) is 0 Å². The summed E-state index contributed by atoms with van der Waals surface area (Å²) in [6.45, 7) is 5.94. The van der Waals surface area contributed by atoms with E-state index in [2.05, 4.69) is 16.8 Å². The first-order valence-electron chi connectivity index (χ1n) is 3.58. The number of nitrogens with zero attached hydrogens (tertiary/aromatic N) is 2. The Balaban J connectivity index is 2.57. The van der Waals surface area contributed by atoms with Gasteiger partial charge in [-0.2, -0.15) is 0 Å². The maximum Gasteiger partial charge on any atom is 0.277 e. The maximum atomic E-state index is 5.30. The zero-order valence-electron chi connectivity index (χ0n) is 6.86. The summed E-state index contributed by atoms with van der Waals surface area (Å²) in [6.07, 6.45) is 1.82. The van der Waals surface area contributed by atoms with Crippen molar-refractivity contribution in [1.29, 1.82) is 0 Å². The lowest BCUT2D eigenvalue weighted by Gasteiger charge is -1.97. The molecule has 0 fully saturated rings. The third kappa shape index (κ3) is 2.35. The zero-order valence-corrected chi connectivity index (χ0v) is 7.67. The van der Waals surface area contributed by atoms with Crippen molar-refractivity contribution in [3.8, 4) is 0 Å². The van der Waals surface area contributed by atoms with Crippen molar-refractivity contribution < 1.29 is 4.42 Å². The normalized spacial score (nSPS) is 12.8. The minimum Gasteiger partial charge on any atom is -0.415 e. The molecule has 0 saturated heterocycles. The van der Waals surface area contributed by atoms with Gasteiger partial charge in [-0.05, 0) is 6.92 Å². The molecule has 0 aliphatic heterocycles. The largest absolute Gasteiger partial charge is 0.415 e. The highest BCUT2D eigenvalue weighted by atomic mass is 32.2. The molecule has 1 aromatic rings. The summed E-state index contributed by atoms with van der Waals surface area (Å²) in [4.78, 5) is 0. The van der Waals surface area contributed by atoms with Crippen LogP contribution in [0.1, 0.15) is 12.8 Å². The van der Waals surface area contributed by atoms with Crippen LogP contribution in [0.3, 0.4) is 0 Å². The summed E-state index contributed by atoms with van der Waals surface area (Å²) in [5, 5.41) is 8.34. The third-order valence-electron chi connectivity index (χ3n) is 1.24. The number of nitrogens with two attached hydrogens (primary N) is 1. The van der Waals surface area contributed by atoms with E-state index in [1.165, 1.54) is 11.8 Å². The number of thioether (sulfide) groups is 1. The van der Waals surface area contributed by atoms with Gasteiger partial charge in [0, 0.05) is 5.25 Å². The van der Waals surface area contributed by atoms with Crippen LogP contribution in [-0.2, 0) is 6.54 Å². The van der Waals surface area contributed by atoms with E-state index in [0.717, 1.165) is 0 Å². The van der Waals surface area contributed by atoms with Crippen molar-refractivity contribution in [2.24, 2.45) is 5.73 Å². The Hall–Kier alpha value is -0.810. The summed E-state index contributed by atoms with van der Waals surface area (Å²) < 4.78 is 5.17. The molecule has 0 aliphatic carbocycles. The highest BCUT2D eigenvalue weighted by molar-refractivity contribution is 7.99. The fourth-order valence-corrected chi connectivity index (χ4v) is 1.22. The highest BCUT2D eigenvalue weighted by Gasteiger charge is 2.07. The smallest absolute Gasteiger partial charge is 0.277 e. The molecule has 0 amide bonds. The van der Waals surface area contributed by atoms with Crippen molar-refractivity contribution in [3.05, 3.63) is 18.5 Å². The Morgan fingerprint density at radius 1 is 1.75 bits per heavy atom. The van der Waals surface area contributed by atoms with Gasteiger partial charge in [-0.25, -0.2) is 0 Å². The van der Waals surface area contributed by atoms with Gasteiger partial charge in [-0.15, -0.1) is 16.8 Å². The van der Waals surface area contributed by atoms with Crippen LogP contribution in [0.15, 0.2) is 22.3 Å². The average molecular weight is 185 g/mol. The van der Waals surface area contributed by atoms with E-state index in [1.807, 2.05) is 13.0 Å². The Labute approximate surface area is 75.2 Å². The van der Waals surface area contributed by atoms with Crippen molar-refractivity contribution in [2.75, 3.05) is 0 Å².